The number of amides is 1. The first-order valence-corrected chi connectivity index (χ1v) is 15.0. The van der Waals surface area contributed by atoms with Crippen LogP contribution in [0.25, 0.3) is 0 Å². The predicted molar refractivity (Wildman–Crippen MR) is 142 cm³/mol. The molecule has 6 rings (SSSR count). The first-order valence-electron chi connectivity index (χ1n) is 14.0. The highest BCUT2D eigenvalue weighted by Crippen LogP contribution is 2.68. The van der Waals surface area contributed by atoms with Crippen LogP contribution in [0.3, 0.4) is 0 Å². The molecule has 0 aromatic carbocycles. The SMILES string of the molecule is C[C@H]1[C@H]2CC[C@H]3[C@@H]4CC=C5C[C@@H](N(C)C(=O)[C@H](N)Cc6cscn6)CC[C@]5(C)C4CC[C@]23CN1C. The van der Waals surface area contributed by atoms with Crippen LogP contribution >= 0.6 is 11.3 Å². The van der Waals surface area contributed by atoms with Crippen LogP contribution in [-0.2, 0) is 11.2 Å². The van der Waals surface area contributed by atoms with E-state index in [1.165, 1.54) is 45.1 Å². The van der Waals surface area contributed by atoms with Crippen molar-refractivity contribution in [2.45, 2.75) is 89.8 Å². The van der Waals surface area contributed by atoms with Crippen molar-refractivity contribution >= 4 is 17.2 Å². The van der Waals surface area contributed by atoms with Crippen LogP contribution < -0.4 is 5.73 Å². The minimum Gasteiger partial charge on any atom is -0.341 e. The number of aromatic nitrogens is 1. The van der Waals surface area contributed by atoms with E-state index in [1.54, 1.807) is 16.9 Å². The first kappa shape index (κ1) is 24.1. The molecule has 1 spiro atoms. The van der Waals surface area contributed by atoms with E-state index in [0.29, 0.717) is 17.3 Å². The molecule has 1 aromatic rings. The van der Waals surface area contributed by atoms with E-state index in [1.807, 2.05) is 22.8 Å². The van der Waals surface area contributed by atoms with Crippen molar-refractivity contribution in [3.8, 4) is 0 Å². The Morgan fingerprint density at radius 3 is 2.83 bits per heavy atom. The van der Waals surface area contributed by atoms with Gasteiger partial charge in [-0.1, -0.05) is 18.6 Å². The Bertz CT molecular complexity index is 993. The fraction of sp³-hybridized carbons (Fsp3) is 0.793. The number of hydrogen-bond donors (Lipinski definition) is 1. The largest absolute Gasteiger partial charge is 0.341 e. The fourth-order valence-electron chi connectivity index (χ4n) is 9.87. The van der Waals surface area contributed by atoms with Gasteiger partial charge in [0, 0.05) is 37.5 Å². The molecule has 1 aliphatic heterocycles. The smallest absolute Gasteiger partial charge is 0.239 e. The Labute approximate surface area is 215 Å². The van der Waals surface area contributed by atoms with Crippen LogP contribution in [0.2, 0.25) is 0 Å². The number of allylic oxidation sites excluding steroid dienone is 1. The van der Waals surface area contributed by atoms with Crippen molar-refractivity contribution in [2.24, 2.45) is 40.2 Å². The molecule has 5 nitrogen and oxygen atoms in total. The Balaban J connectivity index is 1.17. The third kappa shape index (κ3) is 3.60. The number of likely N-dealkylation sites (tertiary alicyclic amines) is 1. The van der Waals surface area contributed by atoms with Crippen LogP contribution in [0, 0.1) is 34.5 Å². The van der Waals surface area contributed by atoms with Crippen molar-refractivity contribution in [1.82, 2.24) is 14.8 Å². The van der Waals surface area contributed by atoms with Gasteiger partial charge >= 0.3 is 0 Å². The van der Waals surface area contributed by atoms with Gasteiger partial charge in [-0.15, -0.1) is 11.3 Å². The van der Waals surface area contributed by atoms with E-state index in [9.17, 15) is 4.79 Å². The van der Waals surface area contributed by atoms with Gasteiger partial charge in [-0.3, -0.25) is 4.79 Å². The van der Waals surface area contributed by atoms with Crippen LogP contribution in [0.5, 0.6) is 0 Å². The highest BCUT2D eigenvalue weighted by atomic mass is 32.1. The van der Waals surface area contributed by atoms with Gasteiger partial charge in [0.05, 0.1) is 17.2 Å². The number of carbonyl (C=O) groups is 1. The molecule has 1 aromatic heterocycles. The predicted octanol–water partition coefficient (Wildman–Crippen LogP) is 4.73. The summed E-state index contributed by atoms with van der Waals surface area (Å²) in [6, 6.07) is 0.527. The summed E-state index contributed by atoms with van der Waals surface area (Å²) in [7, 11) is 4.34. The molecule has 1 unspecified atom stereocenters. The minimum absolute atomic E-state index is 0.0666. The highest BCUT2D eigenvalue weighted by Gasteiger charge is 2.64. The Morgan fingerprint density at radius 2 is 2.06 bits per heavy atom. The van der Waals surface area contributed by atoms with Crippen molar-refractivity contribution in [3.05, 3.63) is 28.2 Å². The molecule has 2 N–H and O–H groups in total. The van der Waals surface area contributed by atoms with E-state index in [2.05, 4.69) is 36.9 Å². The molecule has 3 saturated carbocycles. The zero-order valence-electron chi connectivity index (χ0n) is 22.1. The van der Waals surface area contributed by atoms with Crippen molar-refractivity contribution in [3.63, 3.8) is 0 Å². The van der Waals surface area contributed by atoms with Gasteiger partial charge in [-0.2, -0.15) is 0 Å². The molecule has 6 heteroatoms. The van der Waals surface area contributed by atoms with Gasteiger partial charge in [0.25, 0.3) is 0 Å². The van der Waals surface area contributed by atoms with Gasteiger partial charge in [0.2, 0.25) is 5.91 Å². The number of likely N-dealkylation sites (N-methyl/N-ethyl adjacent to an activating group) is 1. The quantitative estimate of drug-likeness (QED) is 0.612. The van der Waals surface area contributed by atoms with E-state index >= 15 is 0 Å². The fourth-order valence-corrected chi connectivity index (χ4v) is 10.4. The second kappa shape index (κ2) is 8.66. The van der Waals surface area contributed by atoms with Crippen molar-refractivity contribution in [2.75, 3.05) is 20.6 Å². The number of rotatable bonds is 4. The molecule has 2 heterocycles. The molecular weight excluding hydrogens is 452 g/mol. The average molecular weight is 497 g/mol. The number of nitrogens with zero attached hydrogens (tertiary/aromatic N) is 3. The number of hydrogen-bond acceptors (Lipinski definition) is 5. The molecule has 1 saturated heterocycles. The van der Waals surface area contributed by atoms with Gasteiger partial charge in [0.1, 0.15) is 0 Å². The third-order valence-corrected chi connectivity index (χ3v) is 12.4. The summed E-state index contributed by atoms with van der Waals surface area (Å²) in [4.78, 5) is 22.1. The summed E-state index contributed by atoms with van der Waals surface area (Å²) in [6.45, 7) is 6.39. The monoisotopic (exact) mass is 496 g/mol. The van der Waals surface area contributed by atoms with Crippen molar-refractivity contribution < 1.29 is 4.79 Å². The molecule has 192 valence electrons. The molecule has 1 amide bonds. The zero-order valence-corrected chi connectivity index (χ0v) is 22.9. The number of fused-ring (bicyclic) bond motifs is 4. The summed E-state index contributed by atoms with van der Waals surface area (Å²) in [5.41, 5.74) is 11.6. The zero-order chi connectivity index (χ0) is 24.5. The molecule has 4 fully saturated rings. The second-order valence-corrected chi connectivity index (χ2v) is 13.7. The van der Waals surface area contributed by atoms with Gasteiger partial charge < -0.3 is 15.5 Å². The number of thiazole rings is 1. The minimum atomic E-state index is -0.503. The van der Waals surface area contributed by atoms with Crippen LogP contribution in [0.15, 0.2) is 22.5 Å². The van der Waals surface area contributed by atoms with Gasteiger partial charge in [-0.05, 0) is 99.8 Å². The van der Waals surface area contributed by atoms with Crippen LogP contribution in [0.1, 0.15) is 70.9 Å². The number of nitrogens with two attached hydrogens (primary N) is 1. The van der Waals surface area contributed by atoms with Crippen LogP contribution in [0.4, 0.5) is 0 Å². The highest BCUT2D eigenvalue weighted by molar-refractivity contribution is 7.07. The van der Waals surface area contributed by atoms with Crippen LogP contribution in [-0.4, -0.2) is 59.5 Å². The maximum absolute atomic E-state index is 13.2. The maximum Gasteiger partial charge on any atom is 0.239 e. The van der Waals surface area contributed by atoms with Gasteiger partial charge in [-0.25, -0.2) is 4.98 Å². The lowest BCUT2D eigenvalue weighted by molar-refractivity contribution is -0.134. The second-order valence-electron chi connectivity index (χ2n) is 13.0. The molecule has 9 atom stereocenters. The molecule has 4 aliphatic carbocycles. The summed E-state index contributed by atoms with van der Waals surface area (Å²) >= 11 is 1.56. The Hall–Kier alpha value is -1.24. The topological polar surface area (TPSA) is 62.5 Å². The Kier molecular flexibility index (Phi) is 5.97. The van der Waals surface area contributed by atoms with E-state index in [-0.39, 0.29) is 11.9 Å². The standard InChI is InChI=1S/C29H44N4OS/c1-18-23-7-8-25-22-6-5-19-13-21(33(4)27(34)26(30)14-20-15-35-17-31-20)9-11-28(19,2)24(22)10-12-29(23,25)16-32(18)3/h5,15,17-18,21-26H,6-14,16,30H2,1-4H3/t18-,21-,22+,23+,24?,25-,26+,28-,29-/m0/s1. The molecular formula is C29H44N4OS. The summed E-state index contributed by atoms with van der Waals surface area (Å²) in [6.07, 6.45) is 13.5. The third-order valence-electron chi connectivity index (χ3n) is 11.8. The summed E-state index contributed by atoms with van der Waals surface area (Å²) < 4.78 is 0. The summed E-state index contributed by atoms with van der Waals surface area (Å²) in [5.74, 6) is 3.59. The van der Waals surface area contributed by atoms with Crippen molar-refractivity contribution in [1.29, 1.82) is 0 Å². The first-order chi connectivity index (χ1) is 16.7. The van der Waals surface area contributed by atoms with E-state index in [4.69, 9.17) is 5.73 Å². The lowest BCUT2D eigenvalue weighted by Crippen LogP contribution is -2.54. The van der Waals surface area contributed by atoms with Gasteiger partial charge in [0.15, 0.2) is 0 Å². The lowest BCUT2D eigenvalue weighted by atomic mass is 9.47. The van der Waals surface area contributed by atoms with E-state index in [0.717, 1.165) is 48.2 Å². The Morgan fingerprint density at radius 1 is 1.26 bits per heavy atom. The van der Waals surface area contributed by atoms with E-state index < -0.39 is 6.04 Å². The summed E-state index contributed by atoms with van der Waals surface area (Å²) in [5, 5.41) is 1.99. The molecule has 0 radical (unpaired) electrons. The molecule has 5 aliphatic rings. The lowest BCUT2D eigenvalue weighted by Gasteiger charge is -2.58. The molecule has 35 heavy (non-hydrogen) atoms. The average Bonchev–Trinajstić information content (AvgIpc) is 3.54. The number of carbonyl (C=O) groups excluding carboxylic acids is 1. The molecule has 0 bridgehead atoms. The maximum atomic E-state index is 13.2. The normalized spacial score (nSPS) is 43.5.